The van der Waals surface area contributed by atoms with Gasteiger partial charge in [-0.05, 0) is 35.9 Å². The van der Waals surface area contributed by atoms with Gasteiger partial charge in [-0.2, -0.15) is 27.8 Å². The zero-order valence-electron chi connectivity index (χ0n) is 13.2. The highest BCUT2D eigenvalue weighted by Gasteiger charge is 2.63. The predicted octanol–water partition coefficient (Wildman–Crippen LogP) is 3.89. The normalized spacial score (nSPS) is 20.7. The van der Waals surface area contributed by atoms with Crippen LogP contribution in [0.5, 0.6) is 0 Å². The number of thioether (sulfide) groups is 1. The Morgan fingerprint density at radius 1 is 1.12 bits per heavy atom. The average Bonchev–Trinajstić information content (AvgIpc) is 2.60. The van der Waals surface area contributed by atoms with Crippen molar-refractivity contribution < 1.29 is 31.9 Å². The number of carbonyl (C=O) groups is 2. The van der Waals surface area contributed by atoms with Gasteiger partial charge in [0.15, 0.2) is 11.6 Å². The first kappa shape index (κ1) is 18.6. The van der Waals surface area contributed by atoms with Crippen molar-refractivity contribution in [2.45, 2.75) is 37.0 Å². The Labute approximate surface area is 149 Å². The molecular weight excluding hydrogens is 376 g/mol. The van der Waals surface area contributed by atoms with E-state index in [1.54, 1.807) is 0 Å². The summed E-state index contributed by atoms with van der Waals surface area (Å²) in [6.45, 7) is 0. The molecule has 138 valence electrons. The van der Waals surface area contributed by atoms with Crippen molar-refractivity contribution in [1.82, 2.24) is 10.2 Å². The fraction of sp³-hybridized carbons (Fsp3) is 0.375. The maximum absolute atomic E-state index is 13.4. The average molecular weight is 388 g/mol. The second kappa shape index (κ2) is 6.82. The third kappa shape index (κ3) is 3.64. The topological polar surface area (TPSA) is 69.2 Å². The monoisotopic (exact) mass is 388 g/mol. The van der Waals surface area contributed by atoms with Crippen LogP contribution in [0.15, 0.2) is 40.8 Å². The van der Waals surface area contributed by atoms with Crippen LogP contribution in [0, 0.1) is 0 Å². The lowest BCUT2D eigenvalue weighted by Gasteiger charge is -2.34. The molecule has 3 rings (SSSR count). The lowest BCUT2D eigenvalue weighted by atomic mass is 9.96. The number of carbonyl (C=O) groups excluding carboxylic acids is 2. The van der Waals surface area contributed by atoms with E-state index in [-0.39, 0.29) is 59.5 Å². The molecule has 1 aromatic heterocycles. The molecule has 0 fully saturated rings. The Bertz CT molecular complexity index is 809. The SMILES string of the molecule is O=C(CCC(=O)c1ccnnc1)C1=CC2=C(CC1)OC(F)(F)C(F)(F)S2. The summed E-state index contributed by atoms with van der Waals surface area (Å²) in [6.07, 6.45) is -0.993. The van der Waals surface area contributed by atoms with Gasteiger partial charge in [-0.25, -0.2) is 0 Å². The lowest BCUT2D eigenvalue weighted by Crippen LogP contribution is -2.43. The number of Topliss-reactive ketones (excluding diaryl/α,β-unsaturated/α-hetero) is 2. The number of hydrogen-bond donors (Lipinski definition) is 0. The number of aromatic nitrogens is 2. The van der Waals surface area contributed by atoms with E-state index in [1.807, 2.05) is 0 Å². The first-order chi connectivity index (χ1) is 12.2. The molecule has 0 saturated heterocycles. The molecule has 0 spiro atoms. The summed E-state index contributed by atoms with van der Waals surface area (Å²) in [6, 6.07) is 1.47. The van der Waals surface area contributed by atoms with Crippen molar-refractivity contribution in [2.75, 3.05) is 0 Å². The van der Waals surface area contributed by atoms with Crippen LogP contribution in [0.1, 0.15) is 36.0 Å². The number of halogens is 4. The molecule has 0 aromatic carbocycles. The maximum atomic E-state index is 13.4. The molecule has 1 aliphatic carbocycles. The second-order valence-electron chi connectivity index (χ2n) is 5.67. The second-order valence-corrected chi connectivity index (χ2v) is 6.83. The molecule has 1 aliphatic heterocycles. The van der Waals surface area contributed by atoms with Gasteiger partial charge in [0.25, 0.3) is 0 Å². The highest BCUT2D eigenvalue weighted by molar-refractivity contribution is 8.04. The smallest absolute Gasteiger partial charge is 0.431 e. The molecule has 0 unspecified atom stereocenters. The lowest BCUT2D eigenvalue weighted by molar-refractivity contribution is -0.300. The zero-order valence-corrected chi connectivity index (χ0v) is 14.0. The quantitative estimate of drug-likeness (QED) is 0.563. The largest absolute Gasteiger partial charge is 0.475 e. The Balaban J connectivity index is 1.67. The summed E-state index contributed by atoms with van der Waals surface area (Å²) in [5.74, 6) is -0.944. The molecule has 0 radical (unpaired) electrons. The molecule has 2 heterocycles. The summed E-state index contributed by atoms with van der Waals surface area (Å²) in [7, 11) is 0. The zero-order chi connectivity index (χ0) is 18.9. The van der Waals surface area contributed by atoms with Crippen LogP contribution in [0.3, 0.4) is 0 Å². The molecule has 10 heteroatoms. The molecule has 0 N–H and O–H groups in total. The van der Waals surface area contributed by atoms with E-state index in [1.165, 1.54) is 18.5 Å². The van der Waals surface area contributed by atoms with Crippen LogP contribution in [-0.2, 0) is 9.53 Å². The number of rotatable bonds is 5. The fourth-order valence-electron chi connectivity index (χ4n) is 2.49. The van der Waals surface area contributed by atoms with E-state index >= 15 is 0 Å². The first-order valence-electron chi connectivity index (χ1n) is 7.60. The summed E-state index contributed by atoms with van der Waals surface area (Å²) in [4.78, 5) is 24.0. The van der Waals surface area contributed by atoms with Crippen LogP contribution in [0.4, 0.5) is 17.6 Å². The molecular formula is C16H12F4N2O3S. The van der Waals surface area contributed by atoms with Crippen molar-refractivity contribution in [3.63, 3.8) is 0 Å². The minimum absolute atomic E-state index is 0.0756. The first-order valence-corrected chi connectivity index (χ1v) is 8.42. The van der Waals surface area contributed by atoms with E-state index < -0.39 is 17.1 Å². The van der Waals surface area contributed by atoms with E-state index in [0.29, 0.717) is 5.56 Å². The van der Waals surface area contributed by atoms with Gasteiger partial charge in [-0.1, -0.05) is 0 Å². The van der Waals surface area contributed by atoms with E-state index in [2.05, 4.69) is 14.9 Å². The van der Waals surface area contributed by atoms with Gasteiger partial charge in [-0.3, -0.25) is 9.59 Å². The number of ether oxygens (including phenoxy) is 1. The molecule has 5 nitrogen and oxygen atoms in total. The Kier molecular flexibility index (Phi) is 4.87. The van der Waals surface area contributed by atoms with Crippen molar-refractivity contribution in [1.29, 1.82) is 0 Å². The number of nitrogens with zero attached hydrogens (tertiary/aromatic N) is 2. The Hall–Kier alpha value is -2.23. The minimum atomic E-state index is -4.59. The molecule has 0 bridgehead atoms. The number of ketones is 2. The maximum Gasteiger partial charge on any atom is 0.475 e. The highest BCUT2D eigenvalue weighted by atomic mass is 32.2. The summed E-state index contributed by atoms with van der Waals surface area (Å²) in [5.41, 5.74) is 0.523. The van der Waals surface area contributed by atoms with Gasteiger partial charge < -0.3 is 4.74 Å². The van der Waals surface area contributed by atoms with Crippen molar-refractivity contribution in [3.8, 4) is 0 Å². The van der Waals surface area contributed by atoms with Gasteiger partial charge in [-0.15, -0.1) is 0 Å². The number of hydrogen-bond acceptors (Lipinski definition) is 6. The van der Waals surface area contributed by atoms with Crippen LogP contribution >= 0.6 is 11.8 Å². The molecule has 1 aromatic rings. The molecule has 0 atom stereocenters. The van der Waals surface area contributed by atoms with Gasteiger partial charge in [0, 0.05) is 24.8 Å². The number of allylic oxidation sites excluding steroid dienone is 3. The third-order valence-electron chi connectivity index (χ3n) is 3.87. The van der Waals surface area contributed by atoms with Gasteiger partial charge in [0.1, 0.15) is 5.76 Å². The molecule has 0 amide bonds. The fourth-order valence-corrected chi connectivity index (χ4v) is 3.38. The predicted molar refractivity (Wildman–Crippen MR) is 83.5 cm³/mol. The summed E-state index contributed by atoms with van der Waals surface area (Å²) in [5, 5.41) is 2.70. The van der Waals surface area contributed by atoms with Gasteiger partial charge in [0.2, 0.25) is 0 Å². The van der Waals surface area contributed by atoms with E-state index in [0.717, 1.165) is 6.08 Å². The van der Waals surface area contributed by atoms with Crippen molar-refractivity contribution in [3.05, 3.63) is 46.3 Å². The van der Waals surface area contributed by atoms with E-state index in [9.17, 15) is 27.2 Å². The van der Waals surface area contributed by atoms with Crippen LogP contribution < -0.4 is 0 Å². The standard InChI is InChI=1S/C16H12F4N2O3S/c17-15(18)16(19,20)26-14-7-9(1-4-13(14)25-15)11(23)2-3-12(24)10-5-6-21-22-8-10/h5-8H,1-4H2. The Morgan fingerprint density at radius 3 is 2.54 bits per heavy atom. The highest BCUT2D eigenvalue weighted by Crippen LogP contribution is 2.55. The van der Waals surface area contributed by atoms with Crippen molar-refractivity contribution in [2.24, 2.45) is 0 Å². The van der Waals surface area contributed by atoms with E-state index in [4.69, 9.17) is 0 Å². The minimum Gasteiger partial charge on any atom is -0.431 e. The molecule has 2 aliphatic rings. The third-order valence-corrected chi connectivity index (χ3v) is 4.93. The van der Waals surface area contributed by atoms with Gasteiger partial charge >= 0.3 is 11.4 Å². The van der Waals surface area contributed by atoms with Crippen LogP contribution in [-0.4, -0.2) is 33.1 Å². The van der Waals surface area contributed by atoms with Gasteiger partial charge in [0.05, 0.1) is 17.3 Å². The van der Waals surface area contributed by atoms with Crippen LogP contribution in [0.25, 0.3) is 0 Å². The summed E-state index contributed by atoms with van der Waals surface area (Å²) >= 11 is -0.318. The Morgan fingerprint density at radius 2 is 1.85 bits per heavy atom. The van der Waals surface area contributed by atoms with Crippen molar-refractivity contribution >= 4 is 23.3 Å². The molecule has 0 saturated carbocycles. The van der Waals surface area contributed by atoms with Crippen LogP contribution in [0.2, 0.25) is 0 Å². The molecule has 26 heavy (non-hydrogen) atoms. The number of alkyl halides is 4. The summed E-state index contributed by atoms with van der Waals surface area (Å²) < 4.78 is 57.4.